The summed E-state index contributed by atoms with van der Waals surface area (Å²) in [5.41, 5.74) is -1.70. The molecule has 112 valence electrons. The van der Waals surface area contributed by atoms with E-state index in [1.165, 1.54) is 12.1 Å². The van der Waals surface area contributed by atoms with E-state index in [-0.39, 0.29) is 5.75 Å². The van der Waals surface area contributed by atoms with E-state index in [2.05, 4.69) is 0 Å². The van der Waals surface area contributed by atoms with Crippen LogP contribution in [0.3, 0.4) is 0 Å². The van der Waals surface area contributed by atoms with Crippen LogP contribution in [-0.4, -0.2) is 24.3 Å². The molecule has 0 bridgehead atoms. The third-order valence-electron chi connectivity index (χ3n) is 3.53. The van der Waals surface area contributed by atoms with E-state index in [0.717, 1.165) is 6.07 Å². The quantitative estimate of drug-likeness (QED) is 0.793. The summed E-state index contributed by atoms with van der Waals surface area (Å²) >= 11 is 0. The zero-order valence-corrected chi connectivity index (χ0v) is 12.1. The first-order valence-corrected chi connectivity index (χ1v) is 6.67. The fourth-order valence-electron chi connectivity index (χ4n) is 2.71. The van der Waals surface area contributed by atoms with Gasteiger partial charge in [-0.25, -0.2) is 0 Å². The molecule has 1 saturated heterocycles. The van der Waals surface area contributed by atoms with Crippen LogP contribution in [0.5, 0.6) is 5.75 Å². The summed E-state index contributed by atoms with van der Waals surface area (Å²) in [6.07, 6.45) is 0.149. The van der Waals surface area contributed by atoms with Gasteiger partial charge in [0.2, 0.25) is 0 Å². The van der Waals surface area contributed by atoms with Gasteiger partial charge in [-0.15, -0.1) is 0 Å². The first-order valence-electron chi connectivity index (χ1n) is 6.67. The Labute approximate surface area is 117 Å². The standard InChI is InChI=1S/C14H19BF3O2/c1-13(2)9-12(14(3,4)20-13)19-11-8-6-5-7-10(11)15(16,17)18/h5-8,12H,9H2,1-4H3/q-1. The van der Waals surface area contributed by atoms with Crippen LogP contribution in [0.1, 0.15) is 34.1 Å². The van der Waals surface area contributed by atoms with Gasteiger partial charge in [-0.2, -0.15) is 0 Å². The maximum Gasteiger partial charge on any atom is 0.513 e. The zero-order valence-electron chi connectivity index (χ0n) is 12.1. The first kappa shape index (κ1) is 15.2. The maximum absolute atomic E-state index is 13.0. The second-order valence-electron chi connectivity index (χ2n) is 6.39. The van der Waals surface area contributed by atoms with Crippen LogP contribution in [0, 0.1) is 0 Å². The van der Waals surface area contributed by atoms with Crippen LogP contribution in [0.4, 0.5) is 12.9 Å². The second kappa shape index (κ2) is 4.69. The summed E-state index contributed by atoms with van der Waals surface area (Å²) in [5, 5.41) is 0. The van der Waals surface area contributed by atoms with Crippen LogP contribution in [0.15, 0.2) is 24.3 Å². The Morgan fingerprint density at radius 3 is 2.25 bits per heavy atom. The molecule has 0 spiro atoms. The molecule has 0 aromatic heterocycles. The van der Waals surface area contributed by atoms with Crippen molar-refractivity contribution in [3.05, 3.63) is 24.3 Å². The van der Waals surface area contributed by atoms with E-state index in [4.69, 9.17) is 9.47 Å². The van der Waals surface area contributed by atoms with Crippen LogP contribution < -0.4 is 10.2 Å². The summed E-state index contributed by atoms with van der Waals surface area (Å²) in [5.74, 6) is -0.112. The Morgan fingerprint density at radius 1 is 1.15 bits per heavy atom. The van der Waals surface area contributed by atoms with Crippen LogP contribution in [-0.2, 0) is 4.74 Å². The predicted molar refractivity (Wildman–Crippen MR) is 73.4 cm³/mol. The molecular formula is C14H19BF3O2-. The van der Waals surface area contributed by atoms with Gasteiger partial charge < -0.3 is 22.4 Å². The highest BCUT2D eigenvalue weighted by molar-refractivity contribution is 6.74. The number of ether oxygens (including phenoxy) is 2. The third-order valence-corrected chi connectivity index (χ3v) is 3.53. The SMILES string of the molecule is CC1(C)CC(Oc2ccccc2[B-](F)(F)F)C(C)(C)O1. The molecule has 1 unspecified atom stereocenters. The average molecular weight is 287 g/mol. The highest BCUT2D eigenvalue weighted by atomic mass is 19.4. The van der Waals surface area contributed by atoms with E-state index < -0.39 is 29.7 Å². The highest BCUT2D eigenvalue weighted by Gasteiger charge is 2.47. The lowest BCUT2D eigenvalue weighted by molar-refractivity contribution is -0.0845. The molecular weight excluding hydrogens is 268 g/mol. The molecule has 1 aromatic rings. The minimum absolute atomic E-state index is 0.112. The third kappa shape index (κ3) is 3.11. The van der Waals surface area contributed by atoms with Crippen molar-refractivity contribution in [3.63, 3.8) is 0 Å². The summed E-state index contributed by atoms with van der Waals surface area (Å²) in [6.45, 7) is 2.43. The van der Waals surface area contributed by atoms with Crippen molar-refractivity contribution in [2.75, 3.05) is 0 Å². The van der Waals surface area contributed by atoms with Crippen molar-refractivity contribution >= 4 is 12.4 Å². The summed E-state index contributed by atoms with van der Waals surface area (Å²) in [6, 6.07) is 5.35. The molecule has 1 aliphatic heterocycles. The van der Waals surface area contributed by atoms with Gasteiger partial charge >= 0.3 is 6.98 Å². The molecule has 1 aliphatic rings. The van der Waals surface area contributed by atoms with Gasteiger partial charge in [0.1, 0.15) is 11.7 Å². The van der Waals surface area contributed by atoms with Gasteiger partial charge in [0.05, 0.1) is 11.4 Å². The molecule has 20 heavy (non-hydrogen) atoms. The fraction of sp³-hybridized carbons (Fsp3) is 0.571. The molecule has 0 saturated carbocycles. The van der Waals surface area contributed by atoms with Crippen LogP contribution in [0.25, 0.3) is 0 Å². The number of halogens is 3. The Kier molecular flexibility index (Phi) is 3.57. The molecule has 1 aromatic carbocycles. The summed E-state index contributed by atoms with van der Waals surface area (Å²) in [7, 11) is 0. The van der Waals surface area contributed by atoms with E-state index in [0.29, 0.717) is 6.42 Å². The average Bonchev–Trinajstić information content (AvgIpc) is 2.45. The lowest BCUT2D eigenvalue weighted by atomic mass is 9.79. The lowest BCUT2D eigenvalue weighted by Crippen LogP contribution is -2.41. The summed E-state index contributed by atoms with van der Waals surface area (Å²) in [4.78, 5) is 0. The number of hydrogen-bond acceptors (Lipinski definition) is 2. The number of benzene rings is 1. The normalized spacial score (nSPS) is 24.6. The van der Waals surface area contributed by atoms with Gasteiger partial charge in [0, 0.05) is 6.42 Å². The summed E-state index contributed by atoms with van der Waals surface area (Å²) < 4.78 is 50.6. The van der Waals surface area contributed by atoms with Crippen molar-refractivity contribution in [1.29, 1.82) is 0 Å². The molecule has 0 radical (unpaired) electrons. The molecule has 1 atom stereocenters. The van der Waals surface area contributed by atoms with Crippen LogP contribution in [0.2, 0.25) is 0 Å². The van der Waals surface area contributed by atoms with Gasteiger partial charge in [0.15, 0.2) is 0 Å². The Balaban J connectivity index is 2.28. The minimum atomic E-state index is -5.09. The van der Waals surface area contributed by atoms with Gasteiger partial charge in [0.25, 0.3) is 0 Å². The number of para-hydroxylation sites is 1. The van der Waals surface area contributed by atoms with E-state index in [9.17, 15) is 12.9 Å². The van der Waals surface area contributed by atoms with Crippen molar-refractivity contribution in [2.45, 2.75) is 51.4 Å². The molecule has 0 amide bonds. The maximum atomic E-state index is 13.0. The molecule has 1 fully saturated rings. The van der Waals surface area contributed by atoms with E-state index in [1.54, 1.807) is 6.07 Å². The predicted octanol–water partition coefficient (Wildman–Crippen LogP) is 3.47. The molecule has 1 heterocycles. The Morgan fingerprint density at radius 2 is 1.75 bits per heavy atom. The molecule has 2 nitrogen and oxygen atoms in total. The van der Waals surface area contributed by atoms with Crippen molar-refractivity contribution in [3.8, 4) is 5.75 Å². The number of rotatable bonds is 3. The van der Waals surface area contributed by atoms with E-state index >= 15 is 0 Å². The van der Waals surface area contributed by atoms with Gasteiger partial charge in [-0.05, 0) is 33.8 Å². The Hall–Kier alpha value is -1.17. The van der Waals surface area contributed by atoms with Crippen molar-refractivity contribution in [1.82, 2.24) is 0 Å². The largest absolute Gasteiger partial charge is 0.513 e. The molecule has 2 rings (SSSR count). The minimum Gasteiger partial charge on any atom is -0.490 e. The smallest absolute Gasteiger partial charge is 0.490 e. The topological polar surface area (TPSA) is 18.5 Å². The second-order valence-corrected chi connectivity index (χ2v) is 6.39. The van der Waals surface area contributed by atoms with Crippen LogP contribution >= 0.6 is 0 Å². The monoisotopic (exact) mass is 287 g/mol. The zero-order chi connectivity index (χ0) is 15.2. The Bertz CT molecular complexity index is 497. The molecule has 0 aliphatic carbocycles. The van der Waals surface area contributed by atoms with Crippen molar-refractivity contribution < 1.29 is 22.4 Å². The van der Waals surface area contributed by atoms with Crippen molar-refractivity contribution in [2.24, 2.45) is 0 Å². The van der Waals surface area contributed by atoms with Gasteiger partial charge in [-0.1, -0.05) is 23.7 Å². The molecule has 0 N–H and O–H groups in total. The number of hydrogen-bond donors (Lipinski definition) is 0. The molecule has 6 heteroatoms. The first-order chi connectivity index (χ1) is 9.01. The fourth-order valence-corrected chi connectivity index (χ4v) is 2.71. The highest BCUT2D eigenvalue weighted by Crippen LogP contribution is 2.39. The lowest BCUT2D eigenvalue weighted by Gasteiger charge is -2.29. The van der Waals surface area contributed by atoms with Gasteiger partial charge in [-0.3, -0.25) is 0 Å². The van der Waals surface area contributed by atoms with E-state index in [1.807, 2.05) is 27.7 Å².